The zero-order valence-electron chi connectivity index (χ0n) is 15.8. The second-order valence-corrected chi connectivity index (χ2v) is 7.53. The molecule has 0 aliphatic heterocycles. The molecule has 0 saturated carbocycles. The highest BCUT2D eigenvalue weighted by Crippen LogP contribution is 2.22. The van der Waals surface area contributed by atoms with Crippen LogP contribution in [-0.2, 0) is 11.8 Å². The van der Waals surface area contributed by atoms with Crippen LogP contribution >= 0.6 is 11.8 Å². The topological polar surface area (TPSA) is 81.3 Å². The van der Waals surface area contributed by atoms with Gasteiger partial charge in [0.25, 0.3) is 5.56 Å². The normalized spacial score (nSPS) is 11.2. The van der Waals surface area contributed by atoms with Gasteiger partial charge in [0.2, 0.25) is 11.7 Å². The number of aromatic nitrogens is 4. The lowest BCUT2D eigenvalue weighted by molar-refractivity contribution is -0.113. The molecule has 0 unspecified atom stereocenters. The Balaban J connectivity index is 1.63. The van der Waals surface area contributed by atoms with Crippen molar-refractivity contribution < 1.29 is 4.79 Å². The average Bonchev–Trinajstić information content (AvgIpc) is 3.12. The Bertz CT molecular complexity index is 1280. The first kappa shape index (κ1) is 18.2. The lowest BCUT2D eigenvalue weighted by atomic mass is 10.1. The van der Waals surface area contributed by atoms with Crippen LogP contribution in [0.5, 0.6) is 0 Å². The summed E-state index contributed by atoms with van der Waals surface area (Å²) in [6.45, 7) is 3.99. The van der Waals surface area contributed by atoms with Crippen LogP contribution in [0.2, 0.25) is 0 Å². The number of nitrogens with one attached hydrogen (secondary N) is 1. The Kier molecular flexibility index (Phi) is 4.64. The van der Waals surface area contributed by atoms with Crippen molar-refractivity contribution >= 4 is 40.0 Å². The number of hydrogen-bond donors (Lipinski definition) is 1. The number of fused-ring (bicyclic) bond motifs is 3. The van der Waals surface area contributed by atoms with Gasteiger partial charge in [0.05, 0.1) is 16.7 Å². The van der Waals surface area contributed by atoms with Gasteiger partial charge in [0.15, 0.2) is 5.16 Å². The van der Waals surface area contributed by atoms with E-state index in [0.29, 0.717) is 16.3 Å². The van der Waals surface area contributed by atoms with Crippen LogP contribution < -0.4 is 10.9 Å². The van der Waals surface area contributed by atoms with Crippen molar-refractivity contribution in [3.63, 3.8) is 0 Å². The van der Waals surface area contributed by atoms with Gasteiger partial charge in [-0.05, 0) is 43.2 Å². The van der Waals surface area contributed by atoms with E-state index < -0.39 is 0 Å². The number of anilines is 1. The third kappa shape index (κ3) is 3.05. The van der Waals surface area contributed by atoms with Crippen molar-refractivity contribution in [2.75, 3.05) is 11.1 Å². The number of benzene rings is 2. The molecule has 8 heteroatoms. The van der Waals surface area contributed by atoms with Gasteiger partial charge < -0.3 is 5.32 Å². The standard InChI is InChI=1S/C20H19N5O2S/c1-12-7-6-9-15(13(12)2)21-17(26)11-28-20-23-22-19-24(3)18(27)14-8-4-5-10-16(14)25(19)20/h4-10H,11H2,1-3H3,(H,21,26). The molecule has 1 amide bonds. The second-order valence-electron chi connectivity index (χ2n) is 6.58. The number of carbonyl (C=O) groups excluding carboxylic acids is 1. The van der Waals surface area contributed by atoms with Crippen molar-refractivity contribution in [2.45, 2.75) is 19.0 Å². The van der Waals surface area contributed by atoms with Crippen LogP contribution in [0.3, 0.4) is 0 Å². The molecule has 0 fully saturated rings. The molecule has 4 aromatic rings. The monoisotopic (exact) mass is 393 g/mol. The number of para-hydroxylation sites is 1. The van der Waals surface area contributed by atoms with E-state index in [4.69, 9.17) is 0 Å². The van der Waals surface area contributed by atoms with Crippen LogP contribution in [0.4, 0.5) is 5.69 Å². The fourth-order valence-corrected chi connectivity index (χ4v) is 3.85. The van der Waals surface area contributed by atoms with E-state index >= 15 is 0 Å². The highest BCUT2D eigenvalue weighted by Gasteiger charge is 2.16. The molecule has 2 aromatic carbocycles. The minimum atomic E-state index is -0.125. The summed E-state index contributed by atoms with van der Waals surface area (Å²) in [7, 11) is 1.67. The van der Waals surface area contributed by atoms with Gasteiger partial charge in [-0.25, -0.2) is 0 Å². The molecule has 0 spiro atoms. The number of amides is 1. The summed E-state index contributed by atoms with van der Waals surface area (Å²) in [6.07, 6.45) is 0. The highest BCUT2D eigenvalue weighted by molar-refractivity contribution is 7.99. The van der Waals surface area contributed by atoms with Gasteiger partial charge in [0, 0.05) is 12.7 Å². The van der Waals surface area contributed by atoms with E-state index in [-0.39, 0.29) is 17.2 Å². The van der Waals surface area contributed by atoms with E-state index in [0.717, 1.165) is 22.3 Å². The zero-order valence-corrected chi connectivity index (χ0v) is 16.6. The summed E-state index contributed by atoms with van der Waals surface area (Å²) in [4.78, 5) is 24.9. The number of aryl methyl sites for hydroxylation is 2. The zero-order chi connectivity index (χ0) is 19.8. The number of thioether (sulfide) groups is 1. The predicted octanol–water partition coefficient (Wildman–Crippen LogP) is 2.93. The van der Waals surface area contributed by atoms with Crippen LogP contribution in [0.15, 0.2) is 52.4 Å². The van der Waals surface area contributed by atoms with Gasteiger partial charge >= 0.3 is 0 Å². The Hall–Kier alpha value is -3.13. The minimum Gasteiger partial charge on any atom is -0.325 e. The molecule has 0 aliphatic rings. The number of hydrogen-bond acceptors (Lipinski definition) is 5. The minimum absolute atomic E-state index is 0.121. The summed E-state index contributed by atoms with van der Waals surface area (Å²) in [6, 6.07) is 13.1. The first-order valence-corrected chi connectivity index (χ1v) is 9.77. The quantitative estimate of drug-likeness (QED) is 0.539. The highest BCUT2D eigenvalue weighted by atomic mass is 32.2. The van der Waals surface area contributed by atoms with Crippen LogP contribution in [0.1, 0.15) is 11.1 Å². The first-order valence-electron chi connectivity index (χ1n) is 8.79. The van der Waals surface area contributed by atoms with E-state index in [1.54, 1.807) is 13.1 Å². The van der Waals surface area contributed by atoms with Crippen molar-refractivity contribution in [2.24, 2.45) is 7.05 Å². The molecular formula is C20H19N5O2S. The molecule has 28 heavy (non-hydrogen) atoms. The average molecular weight is 393 g/mol. The van der Waals surface area contributed by atoms with Gasteiger partial charge in [-0.3, -0.25) is 18.6 Å². The summed E-state index contributed by atoms with van der Waals surface area (Å²) in [5.41, 5.74) is 3.59. The summed E-state index contributed by atoms with van der Waals surface area (Å²) in [5.74, 6) is 0.511. The SMILES string of the molecule is Cc1cccc(NC(=O)CSc2nnc3n(C)c(=O)c4ccccc4n23)c1C. The molecule has 0 atom stereocenters. The Morgan fingerprint density at radius 3 is 2.71 bits per heavy atom. The van der Waals surface area contributed by atoms with Gasteiger partial charge in [0.1, 0.15) is 0 Å². The fraction of sp³-hybridized carbons (Fsp3) is 0.200. The molecule has 0 saturated heterocycles. The molecule has 2 heterocycles. The molecule has 142 valence electrons. The van der Waals surface area contributed by atoms with Gasteiger partial charge in [-0.1, -0.05) is 36.0 Å². The van der Waals surface area contributed by atoms with E-state index in [2.05, 4.69) is 15.5 Å². The Morgan fingerprint density at radius 1 is 1.11 bits per heavy atom. The van der Waals surface area contributed by atoms with E-state index in [9.17, 15) is 9.59 Å². The molecule has 1 N–H and O–H groups in total. The Morgan fingerprint density at radius 2 is 1.89 bits per heavy atom. The molecule has 0 bridgehead atoms. The van der Waals surface area contributed by atoms with Crippen molar-refractivity contribution in [1.29, 1.82) is 0 Å². The summed E-state index contributed by atoms with van der Waals surface area (Å²) >= 11 is 1.29. The second kappa shape index (κ2) is 7.12. The molecule has 0 radical (unpaired) electrons. The summed E-state index contributed by atoms with van der Waals surface area (Å²) in [5, 5.41) is 12.4. The van der Waals surface area contributed by atoms with Crippen LogP contribution in [-0.4, -0.2) is 30.8 Å². The number of nitrogens with zero attached hydrogens (tertiary/aromatic N) is 4. The van der Waals surface area contributed by atoms with Crippen molar-refractivity contribution in [3.8, 4) is 0 Å². The maximum atomic E-state index is 12.5. The maximum absolute atomic E-state index is 12.5. The molecule has 7 nitrogen and oxygen atoms in total. The summed E-state index contributed by atoms with van der Waals surface area (Å²) < 4.78 is 3.28. The van der Waals surface area contributed by atoms with Crippen molar-refractivity contribution in [1.82, 2.24) is 19.2 Å². The van der Waals surface area contributed by atoms with Gasteiger partial charge in [-0.15, -0.1) is 10.2 Å². The molecular weight excluding hydrogens is 374 g/mol. The number of carbonyl (C=O) groups is 1. The lowest BCUT2D eigenvalue weighted by Gasteiger charge is -2.10. The molecule has 2 aromatic heterocycles. The number of rotatable bonds is 4. The van der Waals surface area contributed by atoms with Gasteiger partial charge in [-0.2, -0.15) is 0 Å². The third-order valence-electron chi connectivity index (χ3n) is 4.81. The third-order valence-corrected chi connectivity index (χ3v) is 5.74. The largest absolute Gasteiger partial charge is 0.325 e. The molecule has 4 rings (SSSR count). The van der Waals surface area contributed by atoms with Crippen LogP contribution in [0, 0.1) is 13.8 Å². The molecule has 0 aliphatic carbocycles. The van der Waals surface area contributed by atoms with E-state index in [1.165, 1.54) is 16.3 Å². The Labute approximate surface area is 165 Å². The predicted molar refractivity (Wildman–Crippen MR) is 111 cm³/mol. The lowest BCUT2D eigenvalue weighted by Crippen LogP contribution is -2.20. The van der Waals surface area contributed by atoms with Crippen LogP contribution in [0.25, 0.3) is 16.7 Å². The van der Waals surface area contributed by atoms with E-state index in [1.807, 2.05) is 54.6 Å². The maximum Gasteiger partial charge on any atom is 0.262 e. The van der Waals surface area contributed by atoms with Crippen molar-refractivity contribution in [3.05, 3.63) is 63.9 Å². The first-order chi connectivity index (χ1) is 13.5. The smallest absolute Gasteiger partial charge is 0.262 e. The fourth-order valence-electron chi connectivity index (χ4n) is 3.11.